The van der Waals surface area contributed by atoms with Crippen LogP contribution in [-0.4, -0.2) is 45.8 Å². The number of hydrogen-bond donors (Lipinski definition) is 3. The molecule has 1 rings (SSSR count). The van der Waals surface area contributed by atoms with Crippen molar-refractivity contribution in [3.8, 4) is 0 Å². The van der Waals surface area contributed by atoms with E-state index < -0.39 is 16.0 Å². The average molecular weight is 330 g/mol. The first-order valence-corrected chi connectivity index (χ1v) is 8.42. The predicted octanol–water partition coefficient (Wildman–Crippen LogP) is 1.52. The molecule has 3 N–H and O–H groups in total. The number of aromatic carboxylic acids is 1. The molecular weight excluding hydrogens is 308 g/mol. The van der Waals surface area contributed by atoms with Crippen LogP contribution in [0.5, 0.6) is 0 Å². The van der Waals surface area contributed by atoms with E-state index in [1.165, 1.54) is 19.2 Å². The Labute approximate surface area is 130 Å². The van der Waals surface area contributed by atoms with Gasteiger partial charge in [0.2, 0.25) is 10.0 Å². The highest BCUT2D eigenvalue weighted by atomic mass is 32.2. The van der Waals surface area contributed by atoms with Gasteiger partial charge in [-0.2, -0.15) is 0 Å². The Bertz CT molecular complexity index is 616. The van der Waals surface area contributed by atoms with Gasteiger partial charge >= 0.3 is 5.97 Å². The normalized spacial score (nSPS) is 12.9. The molecule has 0 amide bonds. The van der Waals surface area contributed by atoms with E-state index in [9.17, 15) is 13.2 Å². The van der Waals surface area contributed by atoms with Crippen LogP contribution < -0.4 is 10.0 Å². The summed E-state index contributed by atoms with van der Waals surface area (Å²) in [5.74, 6) is -1.18. The molecule has 0 saturated carbocycles. The van der Waals surface area contributed by atoms with Crippen LogP contribution in [0.4, 0.5) is 5.69 Å². The molecule has 0 aliphatic rings. The third-order valence-corrected chi connectivity index (χ3v) is 4.74. The summed E-state index contributed by atoms with van der Waals surface area (Å²) in [7, 11) is -2.27. The molecule has 0 aliphatic heterocycles. The number of nitrogens with one attached hydrogen (secondary N) is 2. The Hall–Kier alpha value is -1.64. The van der Waals surface area contributed by atoms with Gasteiger partial charge in [0.25, 0.3) is 0 Å². The molecule has 0 heterocycles. The Morgan fingerprint density at radius 3 is 2.64 bits per heavy atom. The van der Waals surface area contributed by atoms with Crippen molar-refractivity contribution in [3.63, 3.8) is 0 Å². The van der Waals surface area contributed by atoms with Gasteiger partial charge in [-0.25, -0.2) is 17.9 Å². The molecule has 0 fully saturated rings. The van der Waals surface area contributed by atoms with E-state index in [-0.39, 0.29) is 16.5 Å². The number of ether oxygens (including phenoxy) is 1. The first kappa shape index (κ1) is 18.4. The van der Waals surface area contributed by atoms with Gasteiger partial charge in [-0.05, 0) is 31.5 Å². The molecule has 124 valence electrons. The zero-order chi connectivity index (χ0) is 16.8. The molecule has 0 spiro atoms. The number of carboxylic acids is 1. The summed E-state index contributed by atoms with van der Waals surface area (Å²) >= 11 is 0. The first-order chi connectivity index (χ1) is 10.3. The van der Waals surface area contributed by atoms with Crippen LogP contribution in [0.2, 0.25) is 0 Å². The maximum absolute atomic E-state index is 12.5. The molecule has 0 aliphatic carbocycles. The van der Waals surface area contributed by atoms with Gasteiger partial charge in [0, 0.05) is 19.7 Å². The van der Waals surface area contributed by atoms with Crippen LogP contribution >= 0.6 is 0 Å². The Morgan fingerprint density at radius 2 is 2.09 bits per heavy atom. The minimum atomic E-state index is -3.81. The number of anilines is 1. The van der Waals surface area contributed by atoms with Crippen molar-refractivity contribution in [1.82, 2.24) is 4.72 Å². The number of carboxylic acid groups (broad SMARTS) is 1. The third-order valence-electron chi connectivity index (χ3n) is 3.11. The van der Waals surface area contributed by atoms with Crippen molar-refractivity contribution in [2.75, 3.05) is 25.6 Å². The summed E-state index contributed by atoms with van der Waals surface area (Å²) in [6.07, 6.45) is 0.629. The lowest BCUT2D eigenvalue weighted by Crippen LogP contribution is -2.32. The van der Waals surface area contributed by atoms with Gasteiger partial charge in [-0.3, -0.25) is 0 Å². The van der Waals surface area contributed by atoms with Crippen LogP contribution in [0.1, 0.15) is 30.6 Å². The Balaban J connectivity index is 3.21. The number of benzene rings is 1. The van der Waals surface area contributed by atoms with Crippen molar-refractivity contribution in [2.24, 2.45) is 0 Å². The monoisotopic (exact) mass is 330 g/mol. The predicted molar refractivity (Wildman–Crippen MR) is 83.8 cm³/mol. The molecule has 0 radical (unpaired) electrons. The molecule has 7 nitrogen and oxygen atoms in total. The second-order valence-corrected chi connectivity index (χ2v) is 6.55. The van der Waals surface area contributed by atoms with Gasteiger partial charge in [-0.15, -0.1) is 0 Å². The van der Waals surface area contributed by atoms with Crippen molar-refractivity contribution in [1.29, 1.82) is 0 Å². The number of rotatable bonds is 9. The molecule has 22 heavy (non-hydrogen) atoms. The molecule has 0 bridgehead atoms. The summed E-state index contributed by atoms with van der Waals surface area (Å²) in [6, 6.07) is 3.72. The summed E-state index contributed by atoms with van der Waals surface area (Å²) in [5, 5.41) is 12.0. The highest BCUT2D eigenvalue weighted by molar-refractivity contribution is 7.89. The van der Waals surface area contributed by atoms with Gasteiger partial charge in [0.15, 0.2) is 0 Å². The van der Waals surface area contributed by atoms with Crippen molar-refractivity contribution >= 4 is 21.7 Å². The zero-order valence-corrected chi connectivity index (χ0v) is 13.7. The van der Waals surface area contributed by atoms with Crippen molar-refractivity contribution < 1.29 is 23.1 Å². The molecule has 8 heteroatoms. The van der Waals surface area contributed by atoms with Crippen LogP contribution in [0.15, 0.2) is 23.1 Å². The smallest absolute Gasteiger partial charge is 0.335 e. The van der Waals surface area contributed by atoms with E-state index >= 15 is 0 Å². The van der Waals surface area contributed by atoms with Gasteiger partial charge in [-0.1, -0.05) is 6.92 Å². The van der Waals surface area contributed by atoms with E-state index in [1.807, 2.05) is 6.92 Å². The van der Waals surface area contributed by atoms with Crippen molar-refractivity contribution in [3.05, 3.63) is 23.8 Å². The zero-order valence-electron chi connectivity index (χ0n) is 12.9. The maximum atomic E-state index is 12.5. The molecule has 1 aromatic carbocycles. The summed E-state index contributed by atoms with van der Waals surface area (Å²) in [5.41, 5.74) is 0.264. The average Bonchev–Trinajstić information content (AvgIpc) is 2.46. The lowest BCUT2D eigenvalue weighted by Gasteiger charge is -2.16. The third kappa shape index (κ3) is 4.97. The van der Waals surface area contributed by atoms with Gasteiger partial charge in [0.1, 0.15) is 4.90 Å². The fraction of sp³-hybridized carbons (Fsp3) is 0.500. The first-order valence-electron chi connectivity index (χ1n) is 6.94. The molecule has 1 atom stereocenters. The molecular formula is C14H22N2O5S. The quantitative estimate of drug-likeness (QED) is 0.593. The number of sulfonamides is 1. The number of methoxy groups -OCH3 is 1. The second-order valence-electron chi connectivity index (χ2n) is 4.87. The van der Waals surface area contributed by atoms with Crippen LogP contribution in [-0.2, 0) is 14.8 Å². The van der Waals surface area contributed by atoms with E-state index in [4.69, 9.17) is 9.84 Å². The molecule has 0 aromatic heterocycles. The van der Waals surface area contributed by atoms with Crippen LogP contribution in [0, 0.1) is 0 Å². The van der Waals surface area contributed by atoms with Gasteiger partial charge < -0.3 is 15.2 Å². The standard InChI is InChI=1S/C14H22N2O5S/c1-4-10(2)16-22(19,20)13-9-11(14(17)18)5-6-12(13)15-7-8-21-3/h5-6,9-10,15-16H,4,7-8H2,1-3H3,(H,17,18)/t10-/m1/s1. The fourth-order valence-electron chi connectivity index (χ4n) is 1.72. The SMILES string of the molecule is CC[C@@H](C)NS(=O)(=O)c1cc(C(=O)O)ccc1NCCOC. The van der Waals surface area contributed by atoms with E-state index in [1.54, 1.807) is 6.92 Å². The fourth-order valence-corrected chi connectivity index (χ4v) is 3.26. The second kappa shape index (κ2) is 8.11. The van der Waals surface area contributed by atoms with E-state index in [0.29, 0.717) is 25.3 Å². The number of carbonyl (C=O) groups is 1. The lowest BCUT2D eigenvalue weighted by atomic mass is 10.2. The molecule has 0 unspecified atom stereocenters. The maximum Gasteiger partial charge on any atom is 0.335 e. The largest absolute Gasteiger partial charge is 0.478 e. The highest BCUT2D eigenvalue weighted by Gasteiger charge is 2.22. The topological polar surface area (TPSA) is 105 Å². The minimum absolute atomic E-state index is 0.0798. The Kier molecular flexibility index (Phi) is 6.79. The molecule has 0 saturated heterocycles. The van der Waals surface area contributed by atoms with Crippen molar-refractivity contribution in [2.45, 2.75) is 31.2 Å². The molecule has 1 aromatic rings. The van der Waals surface area contributed by atoms with Crippen LogP contribution in [0.25, 0.3) is 0 Å². The minimum Gasteiger partial charge on any atom is -0.478 e. The highest BCUT2D eigenvalue weighted by Crippen LogP contribution is 2.23. The summed E-state index contributed by atoms with van der Waals surface area (Å²) in [4.78, 5) is 11.0. The number of hydrogen-bond acceptors (Lipinski definition) is 5. The van der Waals surface area contributed by atoms with Crippen LogP contribution in [0.3, 0.4) is 0 Å². The van der Waals surface area contributed by atoms with E-state index in [2.05, 4.69) is 10.0 Å². The summed E-state index contributed by atoms with van der Waals surface area (Å²) in [6.45, 7) is 4.42. The van der Waals surface area contributed by atoms with E-state index in [0.717, 1.165) is 6.07 Å². The summed E-state index contributed by atoms with van der Waals surface area (Å²) < 4.78 is 32.3. The lowest BCUT2D eigenvalue weighted by molar-refractivity contribution is 0.0696. The Morgan fingerprint density at radius 1 is 1.41 bits per heavy atom. The van der Waals surface area contributed by atoms with Gasteiger partial charge in [0.05, 0.1) is 17.9 Å².